The summed E-state index contributed by atoms with van der Waals surface area (Å²) in [6.45, 7) is -0.391. The van der Waals surface area contributed by atoms with Gasteiger partial charge in [0.05, 0.1) is 0 Å². The van der Waals surface area contributed by atoms with Crippen molar-refractivity contribution in [2.24, 2.45) is 0 Å². The van der Waals surface area contributed by atoms with Gasteiger partial charge in [0.15, 0.2) is 18.2 Å². The Balaban J connectivity index is 2.03. The van der Waals surface area contributed by atoms with Gasteiger partial charge in [0.2, 0.25) is 0 Å². The number of ether oxygens (including phenoxy) is 1. The molecule has 0 spiro atoms. The van der Waals surface area contributed by atoms with Crippen LogP contribution in [0.5, 0.6) is 5.75 Å². The Morgan fingerprint density at radius 3 is 2.78 bits per heavy atom. The molecule has 6 heteroatoms. The summed E-state index contributed by atoms with van der Waals surface area (Å²) in [5.41, 5.74) is -0.297. The Bertz CT molecular complexity index is 485. The minimum atomic E-state index is -1.30. The molecule has 0 heterocycles. The molecule has 0 aliphatic heterocycles. The number of carbonyl (C=O) groups excluding carboxylic acids is 1. The molecule has 1 saturated carbocycles. The van der Waals surface area contributed by atoms with Gasteiger partial charge in [0.25, 0.3) is 5.91 Å². The summed E-state index contributed by atoms with van der Waals surface area (Å²) >= 11 is 0. The molecule has 96 valence electrons. The largest absolute Gasteiger partial charge is 0.480 e. The fourth-order valence-electron chi connectivity index (χ4n) is 1.46. The predicted molar refractivity (Wildman–Crippen MR) is 60.0 cm³/mol. The van der Waals surface area contributed by atoms with Crippen LogP contribution in [0.1, 0.15) is 23.2 Å². The number of carboxylic acid groups (broad SMARTS) is 1. The molecule has 1 fully saturated rings. The molecule has 1 aliphatic rings. The summed E-state index contributed by atoms with van der Waals surface area (Å²) in [6, 6.07) is 3.76. The van der Waals surface area contributed by atoms with Crippen molar-refractivity contribution in [3.8, 4) is 5.75 Å². The third kappa shape index (κ3) is 2.97. The molecule has 0 radical (unpaired) electrons. The maximum absolute atomic E-state index is 13.4. The second kappa shape index (κ2) is 5.03. The van der Waals surface area contributed by atoms with Crippen LogP contribution in [0, 0.1) is 5.82 Å². The van der Waals surface area contributed by atoms with E-state index in [2.05, 4.69) is 5.32 Å². The van der Waals surface area contributed by atoms with Crippen LogP contribution in [-0.4, -0.2) is 29.6 Å². The van der Waals surface area contributed by atoms with Crippen LogP contribution in [0.2, 0.25) is 0 Å². The van der Waals surface area contributed by atoms with E-state index in [4.69, 9.17) is 9.84 Å². The Hall–Kier alpha value is -2.11. The molecule has 0 unspecified atom stereocenters. The van der Waals surface area contributed by atoms with Crippen molar-refractivity contribution in [3.63, 3.8) is 0 Å². The summed E-state index contributed by atoms with van der Waals surface area (Å²) in [5.74, 6) is -2.88. The van der Waals surface area contributed by atoms with E-state index < -0.39 is 24.1 Å². The molecule has 18 heavy (non-hydrogen) atoms. The molecular formula is C12H12FNO4. The zero-order valence-electron chi connectivity index (χ0n) is 9.48. The highest BCUT2D eigenvalue weighted by molar-refractivity contribution is 5.91. The van der Waals surface area contributed by atoms with Gasteiger partial charge in [-0.1, -0.05) is 6.07 Å². The second-order valence-electron chi connectivity index (χ2n) is 4.05. The standard InChI is InChI=1S/C12H12FNO4/c13-9-3-1-2-8(12(16)17)11(9)18-6-10(15)14-7-4-5-7/h1-3,7H,4-6H2,(H,14,15)(H,16,17). The Kier molecular flexibility index (Phi) is 3.45. The fourth-order valence-corrected chi connectivity index (χ4v) is 1.46. The van der Waals surface area contributed by atoms with Gasteiger partial charge in [-0.2, -0.15) is 0 Å². The molecule has 1 amide bonds. The van der Waals surface area contributed by atoms with Crippen LogP contribution in [0.3, 0.4) is 0 Å². The minimum absolute atomic E-state index is 0.181. The molecule has 0 atom stereocenters. The molecule has 5 nitrogen and oxygen atoms in total. The Morgan fingerprint density at radius 1 is 1.44 bits per heavy atom. The first-order valence-electron chi connectivity index (χ1n) is 5.52. The van der Waals surface area contributed by atoms with Gasteiger partial charge in [-0.05, 0) is 25.0 Å². The summed E-state index contributed by atoms with van der Waals surface area (Å²) in [5, 5.41) is 11.5. The van der Waals surface area contributed by atoms with E-state index in [1.807, 2.05) is 0 Å². The van der Waals surface area contributed by atoms with E-state index in [1.165, 1.54) is 12.1 Å². The van der Waals surface area contributed by atoms with Gasteiger partial charge in [0, 0.05) is 6.04 Å². The maximum atomic E-state index is 13.4. The quantitative estimate of drug-likeness (QED) is 0.826. The number of hydrogen-bond acceptors (Lipinski definition) is 3. The molecule has 0 bridgehead atoms. The van der Waals surface area contributed by atoms with E-state index in [1.54, 1.807) is 0 Å². The van der Waals surface area contributed by atoms with Crippen molar-refractivity contribution in [2.75, 3.05) is 6.61 Å². The Morgan fingerprint density at radius 2 is 2.17 bits per heavy atom. The van der Waals surface area contributed by atoms with Crippen molar-refractivity contribution < 1.29 is 23.8 Å². The topological polar surface area (TPSA) is 75.6 Å². The Labute approximate surface area is 103 Å². The first kappa shape index (κ1) is 12.3. The van der Waals surface area contributed by atoms with Crippen LogP contribution in [-0.2, 0) is 4.79 Å². The molecule has 1 aliphatic carbocycles. The van der Waals surface area contributed by atoms with Crippen LogP contribution in [0.15, 0.2) is 18.2 Å². The summed E-state index contributed by atoms with van der Waals surface area (Å²) in [6.07, 6.45) is 1.87. The van der Waals surface area contributed by atoms with Crippen LogP contribution in [0.4, 0.5) is 4.39 Å². The lowest BCUT2D eigenvalue weighted by Crippen LogP contribution is -2.30. The van der Waals surface area contributed by atoms with Crippen molar-refractivity contribution in [1.82, 2.24) is 5.32 Å². The number of para-hydroxylation sites is 1. The minimum Gasteiger partial charge on any atom is -0.480 e. The van der Waals surface area contributed by atoms with Gasteiger partial charge in [-0.3, -0.25) is 4.79 Å². The van der Waals surface area contributed by atoms with Crippen molar-refractivity contribution in [3.05, 3.63) is 29.6 Å². The SMILES string of the molecule is O=C(COc1c(F)cccc1C(=O)O)NC1CC1. The predicted octanol–water partition coefficient (Wildman–Crippen LogP) is 1.18. The number of aromatic carboxylic acids is 1. The van der Waals surface area contributed by atoms with Gasteiger partial charge < -0.3 is 15.2 Å². The number of nitrogens with one attached hydrogen (secondary N) is 1. The molecule has 2 N–H and O–H groups in total. The van der Waals surface area contributed by atoms with Crippen molar-refractivity contribution in [2.45, 2.75) is 18.9 Å². The second-order valence-corrected chi connectivity index (χ2v) is 4.05. The lowest BCUT2D eigenvalue weighted by molar-refractivity contribution is -0.123. The molecular weight excluding hydrogens is 241 g/mol. The van der Waals surface area contributed by atoms with Crippen molar-refractivity contribution in [1.29, 1.82) is 0 Å². The highest BCUT2D eigenvalue weighted by Crippen LogP contribution is 2.23. The number of halogens is 1. The van der Waals surface area contributed by atoms with Crippen LogP contribution < -0.4 is 10.1 Å². The third-order valence-electron chi connectivity index (χ3n) is 2.49. The molecule has 0 saturated heterocycles. The van der Waals surface area contributed by atoms with Gasteiger partial charge in [-0.25, -0.2) is 9.18 Å². The van der Waals surface area contributed by atoms with Gasteiger partial charge in [0.1, 0.15) is 5.56 Å². The van der Waals surface area contributed by atoms with Crippen LogP contribution in [0.25, 0.3) is 0 Å². The average Bonchev–Trinajstić information content (AvgIpc) is 3.10. The summed E-state index contributed by atoms with van der Waals surface area (Å²) in [4.78, 5) is 22.2. The number of hydrogen-bond donors (Lipinski definition) is 2. The highest BCUT2D eigenvalue weighted by Gasteiger charge is 2.24. The zero-order chi connectivity index (χ0) is 13.1. The normalized spacial score (nSPS) is 14.1. The average molecular weight is 253 g/mol. The highest BCUT2D eigenvalue weighted by atomic mass is 19.1. The first-order chi connectivity index (χ1) is 8.58. The summed E-state index contributed by atoms with van der Waals surface area (Å²) < 4.78 is 18.4. The zero-order valence-corrected chi connectivity index (χ0v) is 9.48. The lowest BCUT2D eigenvalue weighted by atomic mass is 10.2. The molecule has 1 aromatic rings. The maximum Gasteiger partial charge on any atom is 0.339 e. The van der Waals surface area contributed by atoms with Crippen LogP contribution >= 0.6 is 0 Å². The molecule has 0 aromatic heterocycles. The number of benzene rings is 1. The first-order valence-corrected chi connectivity index (χ1v) is 5.52. The number of carbonyl (C=O) groups is 2. The van der Waals surface area contributed by atoms with Gasteiger partial charge >= 0.3 is 5.97 Å². The van der Waals surface area contributed by atoms with Gasteiger partial charge in [-0.15, -0.1) is 0 Å². The lowest BCUT2D eigenvalue weighted by Gasteiger charge is -2.09. The fraction of sp³-hybridized carbons (Fsp3) is 0.333. The smallest absolute Gasteiger partial charge is 0.339 e. The van der Waals surface area contributed by atoms with E-state index in [-0.39, 0.29) is 17.5 Å². The monoisotopic (exact) mass is 253 g/mol. The number of amides is 1. The third-order valence-corrected chi connectivity index (χ3v) is 2.49. The van der Waals surface area contributed by atoms with E-state index in [9.17, 15) is 14.0 Å². The van der Waals surface area contributed by atoms with Crippen molar-refractivity contribution >= 4 is 11.9 Å². The molecule has 2 rings (SSSR count). The number of rotatable bonds is 5. The van der Waals surface area contributed by atoms with E-state index >= 15 is 0 Å². The summed E-state index contributed by atoms with van der Waals surface area (Å²) in [7, 11) is 0. The van der Waals surface area contributed by atoms with E-state index in [0.29, 0.717) is 0 Å². The molecule has 1 aromatic carbocycles. The van der Waals surface area contributed by atoms with E-state index in [0.717, 1.165) is 18.9 Å². The number of carboxylic acids is 1.